The topological polar surface area (TPSA) is 30.3 Å². The molecule has 0 bridgehead atoms. The smallest absolute Gasteiger partial charge is 0.0978 e. The van der Waals surface area contributed by atoms with Crippen molar-refractivity contribution in [2.75, 3.05) is 26.2 Å². The molecule has 1 saturated heterocycles. The lowest BCUT2D eigenvalue weighted by Gasteiger charge is -2.36. The van der Waals surface area contributed by atoms with Gasteiger partial charge < -0.3 is 0 Å². The van der Waals surface area contributed by atoms with Gasteiger partial charge in [-0.15, -0.1) is 11.3 Å². The van der Waals surface area contributed by atoms with Crippen LogP contribution in [0.25, 0.3) is 0 Å². The minimum absolute atomic E-state index is 0.114. The number of thiophene rings is 1. The zero-order valence-corrected chi connectivity index (χ0v) is 13.7. The first-order valence-corrected chi connectivity index (χ1v) is 8.44. The molecular weight excluding hydrogens is 322 g/mol. The fourth-order valence-corrected chi connectivity index (χ4v) is 4.02. The van der Waals surface area contributed by atoms with Gasteiger partial charge in [-0.2, -0.15) is 5.26 Å². The molecule has 2 heterocycles. The van der Waals surface area contributed by atoms with Gasteiger partial charge in [-0.25, -0.2) is 0 Å². The molecule has 0 N–H and O–H groups in total. The summed E-state index contributed by atoms with van der Waals surface area (Å²) in [6.45, 7) is 7.36. The van der Waals surface area contributed by atoms with Gasteiger partial charge in [0.15, 0.2) is 0 Å². The zero-order chi connectivity index (χ0) is 13.7. The lowest BCUT2D eigenvalue weighted by molar-refractivity contribution is 0.107. The highest BCUT2D eigenvalue weighted by molar-refractivity contribution is 9.11. The predicted molar refractivity (Wildman–Crippen MR) is 83.2 cm³/mol. The molecule has 0 aromatic carbocycles. The second kappa shape index (κ2) is 7.39. The predicted octanol–water partition coefficient (Wildman–Crippen LogP) is 3.32. The molecule has 104 valence electrons. The van der Waals surface area contributed by atoms with E-state index in [4.69, 9.17) is 0 Å². The van der Waals surface area contributed by atoms with Crippen LogP contribution in [0.1, 0.15) is 24.6 Å². The molecular formula is C14H20BrN3S. The minimum atomic E-state index is 0.114. The zero-order valence-electron chi connectivity index (χ0n) is 11.3. The van der Waals surface area contributed by atoms with Crippen molar-refractivity contribution in [1.29, 1.82) is 5.26 Å². The number of rotatable bonds is 5. The fourth-order valence-electron chi connectivity index (χ4n) is 2.49. The molecule has 5 heteroatoms. The Labute approximate surface area is 127 Å². The van der Waals surface area contributed by atoms with Crippen molar-refractivity contribution in [2.45, 2.75) is 32.4 Å². The van der Waals surface area contributed by atoms with Gasteiger partial charge in [-0.1, -0.05) is 13.3 Å². The highest BCUT2D eigenvalue weighted by Crippen LogP contribution is 2.23. The first kappa shape index (κ1) is 15.0. The van der Waals surface area contributed by atoms with Gasteiger partial charge in [0.05, 0.1) is 15.9 Å². The molecule has 3 nitrogen and oxygen atoms in total. The van der Waals surface area contributed by atoms with Crippen LogP contribution in [0.3, 0.4) is 0 Å². The van der Waals surface area contributed by atoms with E-state index in [1.165, 1.54) is 8.66 Å². The van der Waals surface area contributed by atoms with Crippen LogP contribution in [0.2, 0.25) is 0 Å². The van der Waals surface area contributed by atoms with E-state index in [0.717, 1.165) is 45.6 Å². The Kier molecular flexibility index (Phi) is 5.83. The summed E-state index contributed by atoms with van der Waals surface area (Å²) >= 11 is 5.32. The molecule has 1 fully saturated rings. The molecule has 1 atom stereocenters. The summed E-state index contributed by atoms with van der Waals surface area (Å²) < 4.78 is 1.20. The Morgan fingerprint density at radius 2 is 2.11 bits per heavy atom. The maximum atomic E-state index is 9.20. The van der Waals surface area contributed by atoms with Crippen molar-refractivity contribution in [3.05, 3.63) is 20.8 Å². The number of hydrogen-bond acceptors (Lipinski definition) is 4. The average molecular weight is 342 g/mol. The minimum Gasteiger partial charge on any atom is -0.296 e. The molecule has 1 aliphatic rings. The third-order valence-corrected chi connectivity index (χ3v) is 5.18. The molecule has 0 radical (unpaired) electrons. The van der Waals surface area contributed by atoms with Gasteiger partial charge in [0.25, 0.3) is 0 Å². The summed E-state index contributed by atoms with van der Waals surface area (Å²) in [4.78, 5) is 6.23. The summed E-state index contributed by atoms with van der Waals surface area (Å²) in [5.74, 6) is 0. The Morgan fingerprint density at radius 3 is 2.63 bits per heavy atom. The number of nitrogens with zero attached hydrogens (tertiary/aromatic N) is 3. The highest BCUT2D eigenvalue weighted by atomic mass is 79.9. The van der Waals surface area contributed by atoms with Crippen LogP contribution in [0, 0.1) is 11.3 Å². The van der Waals surface area contributed by atoms with Crippen LogP contribution < -0.4 is 0 Å². The van der Waals surface area contributed by atoms with Crippen LogP contribution in [-0.4, -0.2) is 42.0 Å². The molecule has 1 aliphatic heterocycles. The van der Waals surface area contributed by atoms with Crippen LogP contribution in [0.4, 0.5) is 0 Å². The summed E-state index contributed by atoms with van der Waals surface area (Å²) in [5, 5.41) is 9.20. The Bertz CT molecular complexity index is 432. The van der Waals surface area contributed by atoms with Gasteiger partial charge in [0, 0.05) is 37.6 Å². The van der Waals surface area contributed by atoms with Gasteiger partial charge >= 0.3 is 0 Å². The fraction of sp³-hybridized carbons (Fsp3) is 0.643. The molecule has 19 heavy (non-hydrogen) atoms. The van der Waals surface area contributed by atoms with E-state index in [9.17, 15) is 5.26 Å². The summed E-state index contributed by atoms with van der Waals surface area (Å²) in [6.07, 6.45) is 2.08. The lowest BCUT2D eigenvalue weighted by atomic mass is 10.1. The van der Waals surface area contributed by atoms with Crippen molar-refractivity contribution >= 4 is 27.3 Å². The summed E-state index contributed by atoms with van der Waals surface area (Å²) in [5.41, 5.74) is 0. The third-order valence-electron chi connectivity index (χ3n) is 3.57. The van der Waals surface area contributed by atoms with Crippen LogP contribution >= 0.6 is 27.3 Å². The van der Waals surface area contributed by atoms with E-state index in [2.05, 4.69) is 50.9 Å². The third kappa shape index (κ3) is 4.28. The molecule has 1 unspecified atom stereocenters. The largest absolute Gasteiger partial charge is 0.296 e. The average Bonchev–Trinajstić information content (AvgIpc) is 2.82. The van der Waals surface area contributed by atoms with Crippen molar-refractivity contribution in [1.82, 2.24) is 9.80 Å². The van der Waals surface area contributed by atoms with Gasteiger partial charge in [-0.3, -0.25) is 9.80 Å². The number of hydrogen-bond donors (Lipinski definition) is 0. The van der Waals surface area contributed by atoms with Crippen molar-refractivity contribution in [3.8, 4) is 6.07 Å². The standard InChI is InChI=1S/C14H20BrN3S/c1-2-3-12(10-16)18-8-6-17(7-9-18)11-13-4-5-14(15)19-13/h4-5,12H,2-3,6-9,11H2,1H3. The monoisotopic (exact) mass is 341 g/mol. The molecule has 2 rings (SSSR count). The first-order valence-electron chi connectivity index (χ1n) is 6.83. The van der Waals surface area contributed by atoms with Crippen molar-refractivity contribution in [3.63, 3.8) is 0 Å². The Balaban J connectivity index is 1.80. The van der Waals surface area contributed by atoms with Crippen molar-refractivity contribution in [2.24, 2.45) is 0 Å². The maximum Gasteiger partial charge on any atom is 0.0978 e. The molecule has 0 spiro atoms. The SMILES string of the molecule is CCCC(C#N)N1CCN(Cc2ccc(Br)s2)CC1. The first-order chi connectivity index (χ1) is 9.22. The highest BCUT2D eigenvalue weighted by Gasteiger charge is 2.23. The van der Waals surface area contributed by atoms with E-state index >= 15 is 0 Å². The van der Waals surface area contributed by atoms with Gasteiger partial charge in [0.2, 0.25) is 0 Å². The Hall–Kier alpha value is -0.410. The summed E-state index contributed by atoms with van der Waals surface area (Å²) in [7, 11) is 0. The molecule has 1 aromatic rings. The van der Waals surface area contributed by atoms with E-state index in [-0.39, 0.29) is 6.04 Å². The van der Waals surface area contributed by atoms with Gasteiger partial charge in [0.1, 0.15) is 0 Å². The van der Waals surface area contributed by atoms with Crippen LogP contribution in [0.5, 0.6) is 0 Å². The van der Waals surface area contributed by atoms with E-state index in [1.807, 2.05) is 11.3 Å². The van der Waals surface area contributed by atoms with E-state index in [0.29, 0.717) is 0 Å². The second-order valence-corrected chi connectivity index (χ2v) is 7.50. The van der Waals surface area contributed by atoms with E-state index in [1.54, 1.807) is 0 Å². The van der Waals surface area contributed by atoms with Crippen molar-refractivity contribution < 1.29 is 0 Å². The Morgan fingerprint density at radius 1 is 1.37 bits per heavy atom. The number of halogens is 1. The quantitative estimate of drug-likeness (QED) is 0.822. The normalized spacial score (nSPS) is 19.2. The van der Waals surface area contributed by atoms with Crippen LogP contribution in [0.15, 0.2) is 15.9 Å². The van der Waals surface area contributed by atoms with Crippen LogP contribution in [-0.2, 0) is 6.54 Å². The molecule has 0 aliphatic carbocycles. The second-order valence-electron chi connectivity index (χ2n) is 4.95. The molecule has 0 saturated carbocycles. The molecule has 0 amide bonds. The van der Waals surface area contributed by atoms with E-state index < -0.39 is 0 Å². The molecule has 1 aromatic heterocycles. The number of piperazine rings is 1. The van der Waals surface area contributed by atoms with Gasteiger partial charge in [-0.05, 0) is 34.5 Å². The number of nitriles is 1. The lowest BCUT2D eigenvalue weighted by Crippen LogP contribution is -2.49. The summed E-state index contributed by atoms with van der Waals surface area (Å²) in [6, 6.07) is 6.86. The maximum absolute atomic E-state index is 9.20.